The molecule has 0 saturated heterocycles. The number of amides is 1. The fourth-order valence-electron chi connectivity index (χ4n) is 1.88. The molecule has 0 fully saturated rings. The van der Waals surface area contributed by atoms with Crippen LogP contribution in [0.1, 0.15) is 0 Å². The van der Waals surface area contributed by atoms with Crippen LogP contribution in [0, 0.1) is 9.39 Å². The Hall–Kier alpha value is -2.41. The van der Waals surface area contributed by atoms with Crippen LogP contribution in [0.5, 0.6) is 5.75 Å². The van der Waals surface area contributed by atoms with Gasteiger partial charge in [0.15, 0.2) is 5.82 Å². The Balaban J connectivity index is 2.64. The van der Waals surface area contributed by atoms with Gasteiger partial charge in [-0.3, -0.25) is 19.1 Å². The van der Waals surface area contributed by atoms with Crippen LogP contribution >= 0.6 is 22.6 Å². The number of benzene rings is 1. The first-order chi connectivity index (χ1) is 11.3. The smallest absolute Gasteiger partial charge is 0.399 e. The summed E-state index contributed by atoms with van der Waals surface area (Å²) in [6.45, 7) is 0. The fraction of sp³-hybridized carbons (Fsp3) is 0.154. The Bertz CT molecular complexity index is 924. The molecule has 9 nitrogen and oxygen atoms in total. The maximum absolute atomic E-state index is 14.0. The van der Waals surface area contributed by atoms with Crippen LogP contribution in [0.25, 0.3) is 0 Å². The predicted molar refractivity (Wildman–Crippen MR) is 90.3 cm³/mol. The molecule has 0 aliphatic carbocycles. The summed E-state index contributed by atoms with van der Waals surface area (Å²) < 4.78 is 21.0. The second-order valence-corrected chi connectivity index (χ2v) is 5.88. The zero-order valence-corrected chi connectivity index (χ0v) is 14.6. The van der Waals surface area contributed by atoms with Crippen molar-refractivity contribution in [2.75, 3.05) is 5.32 Å². The van der Waals surface area contributed by atoms with Gasteiger partial charge in [-0.2, -0.15) is 0 Å². The molecule has 128 valence electrons. The van der Waals surface area contributed by atoms with Crippen LogP contribution in [0.2, 0.25) is 0 Å². The number of hydrogen-bond acceptors (Lipinski definition) is 6. The summed E-state index contributed by atoms with van der Waals surface area (Å²) in [6.07, 6.45) is -1.34. The van der Waals surface area contributed by atoms with E-state index in [-0.39, 0.29) is 11.5 Å². The van der Waals surface area contributed by atoms with Crippen molar-refractivity contribution in [1.82, 2.24) is 14.6 Å². The number of rotatable bonds is 3. The van der Waals surface area contributed by atoms with Gasteiger partial charge in [-0.1, -0.05) is 0 Å². The van der Waals surface area contributed by atoms with Crippen molar-refractivity contribution in [1.29, 1.82) is 0 Å². The van der Waals surface area contributed by atoms with Crippen LogP contribution in [0.15, 0.2) is 27.8 Å². The second-order valence-electron chi connectivity index (χ2n) is 4.63. The molecule has 0 aliphatic rings. The molecule has 1 heterocycles. The SMILES string of the molecule is Cn1c(Nc2ccc(I)cc2F)c(OC(=O)NO)c(=O)n(C)c1=O. The molecular weight excluding hydrogens is 438 g/mol. The molecule has 24 heavy (non-hydrogen) atoms. The topological polar surface area (TPSA) is 115 Å². The highest BCUT2D eigenvalue weighted by atomic mass is 127. The van der Waals surface area contributed by atoms with Gasteiger partial charge in [0.2, 0.25) is 5.75 Å². The summed E-state index contributed by atoms with van der Waals surface area (Å²) in [5.41, 5.74) is -0.482. The van der Waals surface area contributed by atoms with Crippen molar-refractivity contribution in [3.63, 3.8) is 0 Å². The van der Waals surface area contributed by atoms with E-state index in [0.29, 0.717) is 8.14 Å². The van der Waals surface area contributed by atoms with Crippen molar-refractivity contribution in [2.45, 2.75) is 0 Å². The first-order valence-corrected chi connectivity index (χ1v) is 7.48. The molecule has 11 heteroatoms. The summed E-state index contributed by atoms with van der Waals surface area (Å²) in [5, 5.41) is 11.1. The summed E-state index contributed by atoms with van der Waals surface area (Å²) in [5.74, 6) is -1.46. The normalized spacial score (nSPS) is 10.4. The number of nitrogens with one attached hydrogen (secondary N) is 2. The average Bonchev–Trinajstić information content (AvgIpc) is 2.55. The van der Waals surface area contributed by atoms with E-state index >= 15 is 0 Å². The minimum absolute atomic E-state index is 0.0343. The van der Waals surface area contributed by atoms with Crippen LogP contribution < -0.4 is 26.8 Å². The van der Waals surface area contributed by atoms with Crippen LogP contribution in [0.3, 0.4) is 0 Å². The molecule has 0 aliphatic heterocycles. The van der Waals surface area contributed by atoms with Crippen molar-refractivity contribution in [2.24, 2.45) is 14.1 Å². The highest BCUT2D eigenvalue weighted by molar-refractivity contribution is 14.1. The Morgan fingerprint density at radius 1 is 1.29 bits per heavy atom. The molecule has 0 radical (unpaired) electrons. The van der Waals surface area contributed by atoms with Gasteiger partial charge >= 0.3 is 17.3 Å². The lowest BCUT2D eigenvalue weighted by Gasteiger charge is -2.16. The Morgan fingerprint density at radius 2 is 1.96 bits per heavy atom. The maximum atomic E-state index is 14.0. The highest BCUT2D eigenvalue weighted by Gasteiger charge is 2.21. The first kappa shape index (κ1) is 17.9. The van der Waals surface area contributed by atoms with E-state index in [1.54, 1.807) is 6.07 Å². The van der Waals surface area contributed by atoms with Crippen molar-refractivity contribution >= 4 is 40.2 Å². The van der Waals surface area contributed by atoms with Gasteiger partial charge in [0.25, 0.3) is 0 Å². The molecule has 1 aromatic heterocycles. The van der Waals surface area contributed by atoms with Gasteiger partial charge in [-0.25, -0.2) is 19.5 Å². The van der Waals surface area contributed by atoms with Gasteiger partial charge in [-0.15, -0.1) is 0 Å². The van der Waals surface area contributed by atoms with Gasteiger partial charge < -0.3 is 10.1 Å². The molecule has 0 unspecified atom stereocenters. The number of nitrogens with zero attached hydrogens (tertiary/aromatic N) is 2. The molecule has 1 aromatic carbocycles. The predicted octanol–water partition coefficient (Wildman–Crippen LogP) is 1.05. The summed E-state index contributed by atoms with van der Waals surface area (Å²) >= 11 is 1.92. The molecule has 0 bridgehead atoms. The van der Waals surface area contributed by atoms with Crippen LogP contribution in [-0.4, -0.2) is 20.4 Å². The number of hydroxylamine groups is 1. The van der Waals surface area contributed by atoms with E-state index in [1.165, 1.54) is 31.7 Å². The number of anilines is 2. The van der Waals surface area contributed by atoms with Crippen molar-refractivity contribution in [3.05, 3.63) is 48.4 Å². The Labute approximate surface area is 147 Å². The third-order valence-corrected chi connectivity index (χ3v) is 3.76. The summed E-state index contributed by atoms with van der Waals surface area (Å²) in [4.78, 5) is 35.4. The first-order valence-electron chi connectivity index (χ1n) is 6.40. The molecule has 2 aromatic rings. The molecule has 2 rings (SSSR count). The largest absolute Gasteiger partial charge is 0.436 e. The van der Waals surface area contributed by atoms with Crippen LogP contribution in [0.4, 0.5) is 20.7 Å². The molecular formula is C13H12FIN4O5. The third-order valence-electron chi connectivity index (χ3n) is 3.09. The minimum atomic E-state index is -1.34. The van der Waals surface area contributed by atoms with E-state index in [4.69, 9.17) is 9.94 Å². The molecule has 0 atom stereocenters. The number of hydrogen-bond donors (Lipinski definition) is 3. The van der Waals surface area contributed by atoms with E-state index in [1.807, 2.05) is 22.6 Å². The molecule has 0 saturated carbocycles. The zero-order valence-electron chi connectivity index (χ0n) is 12.5. The fourth-order valence-corrected chi connectivity index (χ4v) is 2.33. The number of carbonyl (C=O) groups is 1. The molecule has 1 amide bonds. The number of ether oxygens (including phenoxy) is 1. The average molecular weight is 450 g/mol. The zero-order chi connectivity index (χ0) is 18.0. The lowest BCUT2D eigenvalue weighted by Crippen LogP contribution is -2.40. The number of aromatic nitrogens is 2. The third kappa shape index (κ3) is 3.41. The lowest BCUT2D eigenvalue weighted by atomic mass is 10.3. The highest BCUT2D eigenvalue weighted by Crippen LogP contribution is 2.25. The molecule has 3 N–H and O–H groups in total. The quantitative estimate of drug-likeness (QED) is 0.366. The Kier molecular flexibility index (Phi) is 5.23. The number of halogens is 2. The van der Waals surface area contributed by atoms with Crippen LogP contribution in [-0.2, 0) is 14.1 Å². The second kappa shape index (κ2) is 7.00. The summed E-state index contributed by atoms with van der Waals surface area (Å²) in [7, 11) is 2.49. The van der Waals surface area contributed by atoms with Gasteiger partial charge in [-0.05, 0) is 40.8 Å². The van der Waals surface area contributed by atoms with Crippen molar-refractivity contribution < 1.29 is 19.1 Å². The van der Waals surface area contributed by atoms with Crippen molar-refractivity contribution in [3.8, 4) is 5.75 Å². The van der Waals surface area contributed by atoms with Gasteiger partial charge in [0.1, 0.15) is 5.82 Å². The summed E-state index contributed by atoms with van der Waals surface area (Å²) in [6, 6.07) is 4.24. The van der Waals surface area contributed by atoms with E-state index in [9.17, 15) is 18.8 Å². The molecule has 0 spiro atoms. The standard InChI is InChI=1S/C13H12FIN4O5/c1-18-10(16-8-4-3-6(15)5-7(8)14)9(24-12(21)17-23)11(20)19(2)13(18)22/h3-5,16,23H,1-2H3,(H,17,21). The Morgan fingerprint density at radius 3 is 2.54 bits per heavy atom. The van der Waals surface area contributed by atoms with Gasteiger partial charge in [0.05, 0.1) is 5.69 Å². The van der Waals surface area contributed by atoms with E-state index in [0.717, 1.165) is 4.57 Å². The monoisotopic (exact) mass is 450 g/mol. The van der Waals surface area contributed by atoms with E-state index < -0.39 is 28.9 Å². The lowest BCUT2D eigenvalue weighted by molar-refractivity contribution is 0.127. The van der Waals surface area contributed by atoms with E-state index in [2.05, 4.69) is 5.32 Å². The number of carbonyl (C=O) groups excluding carboxylic acids is 1. The maximum Gasteiger partial charge on any atom is 0.436 e. The van der Waals surface area contributed by atoms with Gasteiger partial charge in [0, 0.05) is 17.7 Å². The minimum Gasteiger partial charge on any atom is -0.399 e.